The van der Waals surface area contributed by atoms with E-state index in [9.17, 15) is 14.4 Å². The van der Waals surface area contributed by atoms with Crippen molar-refractivity contribution >= 4 is 29.3 Å². The van der Waals surface area contributed by atoms with Crippen molar-refractivity contribution in [2.75, 3.05) is 13.2 Å². The van der Waals surface area contributed by atoms with Crippen LogP contribution >= 0.6 is 11.6 Å². The van der Waals surface area contributed by atoms with Crippen LogP contribution in [0.1, 0.15) is 33.5 Å². The first kappa shape index (κ1) is 20.1. The normalized spacial score (nSPS) is 16.3. The molecule has 1 aliphatic heterocycles. The number of carbonyl (C=O) groups is 3. The number of Topliss-reactive ketones (excluding diaryl/α,β-unsaturated/α-hetero) is 1. The molecule has 2 aromatic carbocycles. The monoisotopic (exact) mass is 399 g/mol. The number of likely N-dealkylation sites (tertiary alicyclic amines) is 1. The van der Waals surface area contributed by atoms with E-state index in [1.54, 1.807) is 17.0 Å². The van der Waals surface area contributed by atoms with Crippen LogP contribution in [0.2, 0.25) is 5.02 Å². The van der Waals surface area contributed by atoms with Gasteiger partial charge in [0.25, 0.3) is 0 Å². The summed E-state index contributed by atoms with van der Waals surface area (Å²) in [5.74, 6) is -1.46. The average Bonchev–Trinajstić information content (AvgIpc) is 3.02. The molecule has 0 radical (unpaired) electrons. The van der Waals surface area contributed by atoms with Crippen molar-refractivity contribution in [1.82, 2.24) is 4.90 Å². The predicted octanol–water partition coefficient (Wildman–Crippen LogP) is 3.73. The lowest BCUT2D eigenvalue weighted by molar-refractivity contribution is -0.147. The van der Waals surface area contributed by atoms with Crippen LogP contribution in [-0.4, -0.2) is 35.7 Å². The van der Waals surface area contributed by atoms with Crippen LogP contribution in [0.25, 0.3) is 0 Å². The average molecular weight is 400 g/mol. The third-order valence-electron chi connectivity index (χ3n) is 4.89. The Hall–Kier alpha value is -2.66. The number of hydrogen-bond donors (Lipinski definition) is 0. The van der Waals surface area contributed by atoms with Gasteiger partial charge in [0.05, 0.1) is 5.92 Å². The maximum atomic E-state index is 12.4. The van der Waals surface area contributed by atoms with Crippen LogP contribution < -0.4 is 0 Å². The molecule has 1 atom stereocenters. The number of ketones is 1. The fourth-order valence-corrected chi connectivity index (χ4v) is 3.57. The highest BCUT2D eigenvalue weighted by Gasteiger charge is 2.35. The van der Waals surface area contributed by atoms with Crippen molar-refractivity contribution < 1.29 is 19.1 Å². The Morgan fingerprint density at radius 3 is 2.64 bits per heavy atom. The molecule has 0 bridgehead atoms. The van der Waals surface area contributed by atoms with Crippen molar-refractivity contribution in [2.24, 2.45) is 5.92 Å². The number of esters is 1. The van der Waals surface area contributed by atoms with E-state index in [1.807, 2.05) is 44.2 Å². The molecule has 146 valence electrons. The zero-order chi connectivity index (χ0) is 20.3. The van der Waals surface area contributed by atoms with Crippen LogP contribution in [-0.2, 0) is 20.9 Å². The van der Waals surface area contributed by atoms with Crippen LogP contribution in [0.4, 0.5) is 0 Å². The van der Waals surface area contributed by atoms with Gasteiger partial charge in [0.15, 0.2) is 6.61 Å². The summed E-state index contributed by atoms with van der Waals surface area (Å²) in [4.78, 5) is 38.5. The summed E-state index contributed by atoms with van der Waals surface area (Å²) in [6, 6.07) is 12.8. The van der Waals surface area contributed by atoms with Gasteiger partial charge in [0.2, 0.25) is 11.7 Å². The molecule has 3 rings (SSSR count). The minimum Gasteiger partial charge on any atom is -0.457 e. The smallest absolute Gasteiger partial charge is 0.311 e. The summed E-state index contributed by atoms with van der Waals surface area (Å²) in [5.41, 5.74) is 3.29. The first-order valence-corrected chi connectivity index (χ1v) is 9.51. The highest BCUT2D eigenvalue weighted by atomic mass is 35.5. The SMILES string of the molecule is Cc1ccc(C(=O)COC(=O)[C@@H]2CC(=O)N(Cc3ccccc3Cl)C2)c(C)c1. The van der Waals surface area contributed by atoms with Crippen LogP contribution in [0, 0.1) is 19.8 Å². The molecule has 0 saturated carbocycles. The second-order valence-corrected chi connectivity index (χ2v) is 7.52. The molecular weight excluding hydrogens is 378 g/mol. The van der Waals surface area contributed by atoms with Gasteiger partial charge in [-0.1, -0.05) is 53.6 Å². The summed E-state index contributed by atoms with van der Waals surface area (Å²) in [6.07, 6.45) is 0.0844. The molecule has 0 spiro atoms. The lowest BCUT2D eigenvalue weighted by Gasteiger charge is -2.17. The Balaban J connectivity index is 1.56. The fraction of sp³-hybridized carbons (Fsp3) is 0.318. The number of amides is 1. The minimum atomic E-state index is -0.568. The van der Waals surface area contributed by atoms with Crippen LogP contribution in [0.3, 0.4) is 0 Å². The fourth-order valence-electron chi connectivity index (χ4n) is 3.37. The Morgan fingerprint density at radius 2 is 1.93 bits per heavy atom. The number of nitrogens with zero attached hydrogens (tertiary/aromatic N) is 1. The number of benzene rings is 2. The van der Waals surface area contributed by atoms with E-state index in [1.165, 1.54) is 0 Å². The van der Waals surface area contributed by atoms with E-state index in [0.29, 0.717) is 17.1 Å². The van der Waals surface area contributed by atoms with Gasteiger partial charge in [0, 0.05) is 30.1 Å². The Labute approximate surface area is 169 Å². The molecule has 0 aliphatic carbocycles. The predicted molar refractivity (Wildman–Crippen MR) is 106 cm³/mol. The molecule has 6 heteroatoms. The topological polar surface area (TPSA) is 63.7 Å². The van der Waals surface area contributed by atoms with Crippen molar-refractivity contribution in [2.45, 2.75) is 26.8 Å². The van der Waals surface area contributed by atoms with Gasteiger partial charge in [-0.15, -0.1) is 0 Å². The number of rotatable bonds is 6. The lowest BCUT2D eigenvalue weighted by atomic mass is 10.0. The maximum Gasteiger partial charge on any atom is 0.311 e. The first-order valence-electron chi connectivity index (χ1n) is 9.13. The molecule has 0 unspecified atom stereocenters. The van der Waals surface area contributed by atoms with E-state index in [0.717, 1.165) is 16.7 Å². The van der Waals surface area contributed by atoms with E-state index in [4.69, 9.17) is 16.3 Å². The molecule has 5 nitrogen and oxygen atoms in total. The van der Waals surface area contributed by atoms with Gasteiger partial charge in [-0.3, -0.25) is 14.4 Å². The van der Waals surface area contributed by atoms with Crippen LogP contribution in [0.15, 0.2) is 42.5 Å². The van der Waals surface area contributed by atoms with Crippen LogP contribution in [0.5, 0.6) is 0 Å². The summed E-state index contributed by atoms with van der Waals surface area (Å²) in [5, 5.41) is 0.584. The number of ether oxygens (including phenoxy) is 1. The number of carbonyl (C=O) groups excluding carboxylic acids is 3. The maximum absolute atomic E-state index is 12.4. The zero-order valence-electron chi connectivity index (χ0n) is 15.9. The van der Waals surface area contributed by atoms with Gasteiger partial charge < -0.3 is 9.64 Å². The van der Waals surface area contributed by atoms with Gasteiger partial charge in [-0.2, -0.15) is 0 Å². The largest absolute Gasteiger partial charge is 0.457 e. The molecule has 1 fully saturated rings. The molecule has 1 aliphatic rings. The summed E-state index contributed by atoms with van der Waals surface area (Å²) >= 11 is 6.15. The highest BCUT2D eigenvalue weighted by molar-refractivity contribution is 6.31. The molecule has 0 aromatic heterocycles. The lowest BCUT2D eigenvalue weighted by Crippen LogP contribution is -2.27. The van der Waals surface area contributed by atoms with Gasteiger partial charge >= 0.3 is 5.97 Å². The van der Waals surface area contributed by atoms with E-state index < -0.39 is 11.9 Å². The summed E-state index contributed by atoms with van der Waals surface area (Å²) < 4.78 is 5.20. The number of aryl methyl sites for hydroxylation is 2. The van der Waals surface area contributed by atoms with E-state index in [2.05, 4.69) is 0 Å². The molecule has 1 heterocycles. The molecule has 0 N–H and O–H groups in total. The standard InChI is InChI=1S/C22H22ClNO4/c1-14-7-8-18(15(2)9-14)20(25)13-28-22(27)17-10-21(26)24(12-17)11-16-5-3-4-6-19(16)23/h3-9,17H,10-13H2,1-2H3/t17-/m1/s1. The second kappa shape index (κ2) is 8.57. The van der Waals surface area contributed by atoms with Crippen molar-refractivity contribution in [3.05, 3.63) is 69.7 Å². The molecule has 1 amide bonds. The molecule has 28 heavy (non-hydrogen) atoms. The number of hydrogen-bond acceptors (Lipinski definition) is 4. The van der Waals surface area contributed by atoms with Gasteiger partial charge in [-0.25, -0.2) is 0 Å². The van der Waals surface area contributed by atoms with Crippen molar-refractivity contribution in [3.8, 4) is 0 Å². The van der Waals surface area contributed by atoms with Gasteiger partial charge in [-0.05, 0) is 31.0 Å². The Kier molecular flexibility index (Phi) is 6.15. The van der Waals surface area contributed by atoms with Crippen molar-refractivity contribution in [1.29, 1.82) is 0 Å². The molecular formula is C22H22ClNO4. The summed E-state index contributed by atoms with van der Waals surface area (Å²) in [6.45, 7) is 4.10. The third-order valence-corrected chi connectivity index (χ3v) is 5.26. The summed E-state index contributed by atoms with van der Waals surface area (Å²) in [7, 11) is 0. The Morgan fingerprint density at radius 1 is 1.18 bits per heavy atom. The number of halogens is 1. The highest BCUT2D eigenvalue weighted by Crippen LogP contribution is 2.24. The van der Waals surface area contributed by atoms with Crippen molar-refractivity contribution in [3.63, 3.8) is 0 Å². The quantitative estimate of drug-likeness (QED) is 0.548. The van der Waals surface area contributed by atoms with E-state index in [-0.39, 0.29) is 31.3 Å². The zero-order valence-corrected chi connectivity index (χ0v) is 16.7. The molecule has 2 aromatic rings. The second-order valence-electron chi connectivity index (χ2n) is 7.12. The van der Waals surface area contributed by atoms with Gasteiger partial charge in [0.1, 0.15) is 0 Å². The Bertz CT molecular complexity index is 925. The molecule has 1 saturated heterocycles. The van der Waals surface area contributed by atoms with E-state index >= 15 is 0 Å². The third kappa shape index (κ3) is 4.60. The minimum absolute atomic E-state index is 0.0844. The first-order chi connectivity index (χ1) is 13.3.